The van der Waals surface area contributed by atoms with E-state index in [9.17, 15) is 8.78 Å². The lowest BCUT2D eigenvalue weighted by molar-refractivity contribution is 0.509. The van der Waals surface area contributed by atoms with E-state index in [-0.39, 0.29) is 0 Å². The Morgan fingerprint density at radius 2 is 2.12 bits per heavy atom. The van der Waals surface area contributed by atoms with Gasteiger partial charge in [0.05, 0.1) is 11.4 Å². The fourth-order valence-corrected chi connectivity index (χ4v) is 1.98. The van der Waals surface area contributed by atoms with Gasteiger partial charge in [-0.15, -0.1) is 0 Å². The summed E-state index contributed by atoms with van der Waals surface area (Å²) in [6.07, 6.45) is 0. The van der Waals surface area contributed by atoms with Gasteiger partial charge in [0, 0.05) is 12.1 Å². The average molecular weight is 302 g/mol. The molecular formula is C11H10BrF2N3. The van der Waals surface area contributed by atoms with Gasteiger partial charge in [-0.05, 0) is 41.2 Å². The molecule has 1 aromatic carbocycles. The van der Waals surface area contributed by atoms with Crippen LogP contribution in [-0.2, 0) is 6.54 Å². The van der Waals surface area contributed by atoms with Crippen molar-refractivity contribution in [3.05, 3.63) is 40.3 Å². The number of H-pyrrole nitrogens is 1. The second-order valence-electron chi connectivity index (χ2n) is 3.51. The van der Waals surface area contributed by atoms with Crippen molar-refractivity contribution >= 4 is 15.9 Å². The maximum Gasteiger partial charge on any atom is 0.175 e. The number of nitrogens with zero attached hydrogens (tertiary/aromatic N) is 1. The van der Waals surface area contributed by atoms with Crippen molar-refractivity contribution in [3.8, 4) is 11.3 Å². The maximum absolute atomic E-state index is 13.1. The standard InChI is InChI=1S/C11H10BrF2N3/c1-15-5-9-10(17-11(12)16-9)6-2-3-7(13)8(14)4-6/h2-4,15H,5H2,1H3,(H,16,17). The fourth-order valence-electron chi connectivity index (χ4n) is 1.56. The van der Waals surface area contributed by atoms with Crippen LogP contribution in [-0.4, -0.2) is 17.0 Å². The first kappa shape index (κ1) is 12.2. The first-order valence-electron chi connectivity index (χ1n) is 4.96. The van der Waals surface area contributed by atoms with Gasteiger partial charge in [0.25, 0.3) is 0 Å². The van der Waals surface area contributed by atoms with Crippen LogP contribution in [0.25, 0.3) is 11.3 Å². The van der Waals surface area contributed by atoms with Crippen LogP contribution in [0.1, 0.15) is 5.69 Å². The van der Waals surface area contributed by atoms with Crippen LogP contribution in [0.5, 0.6) is 0 Å². The molecule has 0 bridgehead atoms. The third kappa shape index (κ3) is 2.53. The van der Waals surface area contributed by atoms with E-state index in [1.54, 1.807) is 7.05 Å². The van der Waals surface area contributed by atoms with Crippen molar-refractivity contribution in [2.75, 3.05) is 7.05 Å². The van der Waals surface area contributed by atoms with E-state index in [0.717, 1.165) is 17.8 Å². The first-order valence-corrected chi connectivity index (χ1v) is 5.75. The number of aromatic amines is 1. The molecule has 0 amide bonds. The lowest BCUT2D eigenvalue weighted by Crippen LogP contribution is -2.06. The van der Waals surface area contributed by atoms with Gasteiger partial charge in [-0.1, -0.05) is 0 Å². The lowest BCUT2D eigenvalue weighted by Gasteiger charge is -2.02. The van der Waals surface area contributed by atoms with E-state index in [1.165, 1.54) is 6.07 Å². The van der Waals surface area contributed by atoms with Crippen LogP contribution in [0.3, 0.4) is 0 Å². The normalized spacial score (nSPS) is 10.8. The van der Waals surface area contributed by atoms with Crippen LogP contribution in [0.15, 0.2) is 22.9 Å². The summed E-state index contributed by atoms with van der Waals surface area (Å²) in [5.74, 6) is -1.74. The smallest absolute Gasteiger partial charge is 0.175 e. The van der Waals surface area contributed by atoms with Gasteiger partial charge < -0.3 is 10.3 Å². The van der Waals surface area contributed by atoms with Crippen molar-refractivity contribution in [3.63, 3.8) is 0 Å². The van der Waals surface area contributed by atoms with Crippen LogP contribution in [0.2, 0.25) is 0 Å². The zero-order chi connectivity index (χ0) is 12.4. The summed E-state index contributed by atoms with van der Waals surface area (Å²) in [5.41, 5.74) is 1.95. The summed E-state index contributed by atoms with van der Waals surface area (Å²) in [7, 11) is 1.80. The molecule has 0 aliphatic rings. The number of rotatable bonds is 3. The third-order valence-corrected chi connectivity index (χ3v) is 2.67. The fraction of sp³-hybridized carbons (Fsp3) is 0.182. The van der Waals surface area contributed by atoms with Gasteiger partial charge in [-0.25, -0.2) is 13.8 Å². The van der Waals surface area contributed by atoms with Gasteiger partial charge in [0.15, 0.2) is 16.4 Å². The molecule has 17 heavy (non-hydrogen) atoms. The molecule has 1 aromatic heterocycles. The molecular weight excluding hydrogens is 292 g/mol. The summed E-state index contributed by atoms with van der Waals surface area (Å²) in [6.45, 7) is 0.562. The summed E-state index contributed by atoms with van der Waals surface area (Å²) < 4.78 is 26.6. The Morgan fingerprint density at radius 1 is 1.35 bits per heavy atom. The Hall–Kier alpha value is -1.27. The molecule has 0 spiro atoms. The summed E-state index contributed by atoms with van der Waals surface area (Å²) >= 11 is 3.22. The molecule has 1 heterocycles. The number of halogens is 3. The molecule has 2 aromatic rings. The van der Waals surface area contributed by atoms with Crippen LogP contribution >= 0.6 is 15.9 Å². The predicted molar refractivity (Wildman–Crippen MR) is 64.4 cm³/mol. The maximum atomic E-state index is 13.1. The molecule has 0 unspecified atom stereocenters. The molecule has 0 fully saturated rings. The van der Waals surface area contributed by atoms with Crippen molar-refractivity contribution < 1.29 is 8.78 Å². The third-order valence-electron chi connectivity index (χ3n) is 2.30. The highest BCUT2D eigenvalue weighted by Crippen LogP contribution is 2.25. The zero-order valence-electron chi connectivity index (χ0n) is 9.02. The van der Waals surface area contributed by atoms with Crippen molar-refractivity contribution in [1.82, 2.24) is 15.3 Å². The number of imidazole rings is 1. The topological polar surface area (TPSA) is 40.7 Å². The Labute approximate surface area is 105 Å². The van der Waals surface area contributed by atoms with E-state index in [4.69, 9.17) is 0 Å². The second-order valence-corrected chi connectivity index (χ2v) is 4.27. The van der Waals surface area contributed by atoms with Gasteiger partial charge >= 0.3 is 0 Å². The zero-order valence-corrected chi connectivity index (χ0v) is 10.6. The number of hydrogen-bond acceptors (Lipinski definition) is 2. The highest BCUT2D eigenvalue weighted by atomic mass is 79.9. The highest BCUT2D eigenvalue weighted by molar-refractivity contribution is 9.10. The number of hydrogen-bond donors (Lipinski definition) is 2. The Balaban J connectivity index is 2.47. The number of benzene rings is 1. The van der Waals surface area contributed by atoms with Crippen molar-refractivity contribution in [2.45, 2.75) is 6.54 Å². The molecule has 6 heteroatoms. The molecule has 2 N–H and O–H groups in total. The Kier molecular flexibility index (Phi) is 3.54. The number of aromatic nitrogens is 2. The first-order chi connectivity index (χ1) is 8.11. The minimum Gasteiger partial charge on any atom is -0.335 e. The molecule has 90 valence electrons. The van der Waals surface area contributed by atoms with E-state index in [1.807, 2.05) is 0 Å². The van der Waals surface area contributed by atoms with Crippen molar-refractivity contribution in [1.29, 1.82) is 0 Å². The van der Waals surface area contributed by atoms with E-state index < -0.39 is 11.6 Å². The Morgan fingerprint density at radius 3 is 2.76 bits per heavy atom. The van der Waals surface area contributed by atoms with E-state index in [2.05, 4.69) is 31.2 Å². The molecule has 3 nitrogen and oxygen atoms in total. The molecule has 2 rings (SSSR count). The second kappa shape index (κ2) is 4.93. The van der Waals surface area contributed by atoms with E-state index >= 15 is 0 Å². The molecule has 0 aliphatic carbocycles. The molecule has 0 aliphatic heterocycles. The average Bonchev–Trinajstić information content (AvgIpc) is 2.64. The van der Waals surface area contributed by atoms with Crippen molar-refractivity contribution in [2.24, 2.45) is 0 Å². The quantitative estimate of drug-likeness (QED) is 0.915. The molecule has 0 atom stereocenters. The van der Waals surface area contributed by atoms with Crippen LogP contribution < -0.4 is 5.32 Å². The Bertz CT molecular complexity index is 540. The molecule has 0 saturated carbocycles. The summed E-state index contributed by atoms with van der Waals surface area (Å²) in [6, 6.07) is 3.73. The molecule has 0 radical (unpaired) electrons. The summed E-state index contributed by atoms with van der Waals surface area (Å²) in [4.78, 5) is 7.21. The van der Waals surface area contributed by atoms with Crippen LogP contribution in [0, 0.1) is 11.6 Å². The lowest BCUT2D eigenvalue weighted by atomic mass is 10.1. The minimum atomic E-state index is -0.878. The minimum absolute atomic E-state index is 0.538. The van der Waals surface area contributed by atoms with Gasteiger partial charge in [-0.2, -0.15) is 0 Å². The van der Waals surface area contributed by atoms with E-state index in [0.29, 0.717) is 22.5 Å². The van der Waals surface area contributed by atoms with Crippen LogP contribution in [0.4, 0.5) is 8.78 Å². The molecule has 0 saturated heterocycles. The van der Waals surface area contributed by atoms with Gasteiger partial charge in [0.2, 0.25) is 0 Å². The monoisotopic (exact) mass is 301 g/mol. The number of nitrogens with one attached hydrogen (secondary N) is 2. The highest BCUT2D eigenvalue weighted by Gasteiger charge is 2.12. The SMILES string of the molecule is CNCc1[nH]c(Br)nc1-c1ccc(F)c(F)c1. The van der Waals surface area contributed by atoms with Gasteiger partial charge in [0.1, 0.15) is 0 Å². The predicted octanol–water partition coefficient (Wildman–Crippen LogP) is 2.84. The van der Waals surface area contributed by atoms with Gasteiger partial charge in [-0.3, -0.25) is 0 Å². The largest absolute Gasteiger partial charge is 0.335 e. The summed E-state index contributed by atoms with van der Waals surface area (Å²) in [5, 5.41) is 2.97.